The minimum Gasteiger partial charge on any atom is -0.323 e. The second-order valence-electron chi connectivity index (χ2n) is 5.65. The summed E-state index contributed by atoms with van der Waals surface area (Å²) in [6.45, 7) is 1.79. The third-order valence-corrected chi connectivity index (χ3v) is 4.06. The molecule has 1 aliphatic rings. The van der Waals surface area contributed by atoms with Gasteiger partial charge >= 0.3 is 0 Å². The number of benzene rings is 1. The van der Waals surface area contributed by atoms with E-state index in [1.54, 1.807) is 6.20 Å². The zero-order valence-electron chi connectivity index (χ0n) is 12.5. The Morgan fingerprint density at radius 3 is 3.04 bits per heavy atom. The fraction of sp³-hybridized carbons (Fsp3) is 0.375. The van der Waals surface area contributed by atoms with E-state index in [2.05, 4.69) is 20.8 Å². The van der Waals surface area contributed by atoms with Crippen LogP contribution in [0.2, 0.25) is 0 Å². The molecule has 0 saturated carbocycles. The summed E-state index contributed by atoms with van der Waals surface area (Å²) in [5, 5.41) is 13.0. The van der Waals surface area contributed by atoms with E-state index < -0.39 is 11.6 Å². The van der Waals surface area contributed by atoms with Gasteiger partial charge in [-0.3, -0.25) is 9.89 Å². The number of hydrogen-bond donors (Lipinski definition) is 3. The number of hydrogen-bond acceptors (Lipinski definition) is 3. The van der Waals surface area contributed by atoms with Crippen LogP contribution in [0, 0.1) is 11.6 Å². The summed E-state index contributed by atoms with van der Waals surface area (Å²) in [6.07, 6.45) is 2.79. The number of rotatable bonds is 5. The van der Waals surface area contributed by atoms with Crippen LogP contribution in [0.5, 0.6) is 0 Å². The Balaban J connectivity index is 1.60. The number of aromatic amines is 1. The molecule has 7 heteroatoms. The van der Waals surface area contributed by atoms with Crippen LogP contribution in [0.25, 0.3) is 0 Å². The Bertz CT molecular complexity index is 695. The lowest BCUT2D eigenvalue weighted by Gasteiger charge is -2.10. The summed E-state index contributed by atoms with van der Waals surface area (Å²) < 4.78 is 26.7. The molecule has 5 nitrogen and oxygen atoms in total. The number of nitrogens with one attached hydrogen (secondary N) is 3. The van der Waals surface area contributed by atoms with Crippen molar-refractivity contribution in [3.63, 3.8) is 0 Å². The van der Waals surface area contributed by atoms with Gasteiger partial charge in [-0.05, 0) is 31.0 Å². The molecule has 1 amide bonds. The zero-order valence-corrected chi connectivity index (χ0v) is 12.5. The van der Waals surface area contributed by atoms with Crippen molar-refractivity contribution in [3.05, 3.63) is 47.3 Å². The Labute approximate surface area is 132 Å². The number of halogens is 2. The molecule has 122 valence electrons. The van der Waals surface area contributed by atoms with Gasteiger partial charge in [-0.15, -0.1) is 0 Å². The molecule has 0 radical (unpaired) electrons. The number of carbonyl (C=O) groups excluding carboxylic acids is 1. The summed E-state index contributed by atoms with van der Waals surface area (Å²) in [5.41, 5.74) is 1.76. The molecule has 2 aromatic rings. The first-order valence-electron chi connectivity index (χ1n) is 7.62. The normalized spacial score (nSPS) is 17.4. The van der Waals surface area contributed by atoms with Gasteiger partial charge in [-0.1, -0.05) is 12.1 Å². The third kappa shape index (κ3) is 3.56. The van der Waals surface area contributed by atoms with Crippen LogP contribution in [0.3, 0.4) is 0 Å². The second kappa shape index (κ2) is 6.87. The summed E-state index contributed by atoms with van der Waals surface area (Å²) in [5.74, 6) is -1.73. The maximum Gasteiger partial charge on any atom is 0.224 e. The second-order valence-corrected chi connectivity index (χ2v) is 5.65. The largest absolute Gasteiger partial charge is 0.323 e. The van der Waals surface area contributed by atoms with E-state index in [4.69, 9.17) is 0 Å². The molecule has 1 aromatic carbocycles. The molecule has 3 rings (SSSR count). The average molecular weight is 320 g/mol. The minimum atomic E-state index is -0.895. The smallest absolute Gasteiger partial charge is 0.224 e. The van der Waals surface area contributed by atoms with Crippen LogP contribution >= 0.6 is 0 Å². The minimum absolute atomic E-state index is 0.0773. The SMILES string of the molecule is O=C(CCc1cccc(F)c1F)Nc1cn[nH]c1C1CCNC1. The molecule has 0 spiro atoms. The van der Waals surface area contributed by atoms with E-state index in [0.29, 0.717) is 11.6 Å². The van der Waals surface area contributed by atoms with Gasteiger partial charge in [0.15, 0.2) is 11.6 Å². The maximum atomic E-state index is 13.6. The van der Waals surface area contributed by atoms with Crippen molar-refractivity contribution in [1.29, 1.82) is 0 Å². The number of H-pyrrole nitrogens is 1. The molecule has 1 unspecified atom stereocenters. The molecular weight excluding hydrogens is 302 g/mol. The van der Waals surface area contributed by atoms with E-state index in [1.807, 2.05) is 0 Å². The highest BCUT2D eigenvalue weighted by Crippen LogP contribution is 2.27. The van der Waals surface area contributed by atoms with Crippen molar-refractivity contribution in [3.8, 4) is 0 Å². The number of nitrogens with zero attached hydrogens (tertiary/aromatic N) is 1. The van der Waals surface area contributed by atoms with Gasteiger partial charge in [-0.25, -0.2) is 8.78 Å². The molecule has 0 aliphatic carbocycles. The van der Waals surface area contributed by atoms with Gasteiger partial charge in [0.2, 0.25) is 5.91 Å². The van der Waals surface area contributed by atoms with E-state index in [0.717, 1.165) is 31.3 Å². The maximum absolute atomic E-state index is 13.6. The standard InChI is InChI=1S/C16H18F2N4O/c17-12-3-1-2-10(15(12)18)4-5-14(23)21-13-9-20-22-16(13)11-6-7-19-8-11/h1-3,9,11,19H,4-8H2,(H,20,22)(H,21,23). The summed E-state index contributed by atoms with van der Waals surface area (Å²) in [6, 6.07) is 3.98. The van der Waals surface area contributed by atoms with Crippen molar-refractivity contribution >= 4 is 11.6 Å². The molecule has 23 heavy (non-hydrogen) atoms. The highest BCUT2D eigenvalue weighted by atomic mass is 19.2. The predicted molar refractivity (Wildman–Crippen MR) is 82.1 cm³/mol. The summed E-state index contributed by atoms with van der Waals surface area (Å²) in [4.78, 5) is 12.1. The number of anilines is 1. The van der Waals surface area contributed by atoms with Crippen LogP contribution in [0.15, 0.2) is 24.4 Å². The van der Waals surface area contributed by atoms with E-state index in [-0.39, 0.29) is 24.3 Å². The topological polar surface area (TPSA) is 69.8 Å². The quantitative estimate of drug-likeness (QED) is 0.792. The first kappa shape index (κ1) is 15.6. The highest BCUT2D eigenvalue weighted by Gasteiger charge is 2.22. The van der Waals surface area contributed by atoms with Crippen molar-refractivity contribution in [2.45, 2.75) is 25.2 Å². The van der Waals surface area contributed by atoms with Crippen molar-refractivity contribution in [2.75, 3.05) is 18.4 Å². The first-order chi connectivity index (χ1) is 11.1. The molecule has 1 aromatic heterocycles. The van der Waals surface area contributed by atoms with Crippen LogP contribution in [0.1, 0.15) is 30.0 Å². The number of amides is 1. The van der Waals surface area contributed by atoms with Gasteiger partial charge in [0.1, 0.15) is 0 Å². The van der Waals surface area contributed by atoms with Crippen molar-refractivity contribution in [1.82, 2.24) is 15.5 Å². The van der Waals surface area contributed by atoms with Crippen LogP contribution in [-0.4, -0.2) is 29.2 Å². The van der Waals surface area contributed by atoms with Gasteiger partial charge in [0.25, 0.3) is 0 Å². The van der Waals surface area contributed by atoms with Crippen LogP contribution in [-0.2, 0) is 11.2 Å². The Morgan fingerprint density at radius 1 is 1.39 bits per heavy atom. The number of carbonyl (C=O) groups is 1. The van der Waals surface area contributed by atoms with Crippen LogP contribution < -0.4 is 10.6 Å². The Hall–Kier alpha value is -2.28. The Kier molecular flexibility index (Phi) is 4.66. The van der Waals surface area contributed by atoms with E-state index in [9.17, 15) is 13.6 Å². The molecule has 1 fully saturated rings. The van der Waals surface area contributed by atoms with E-state index in [1.165, 1.54) is 12.1 Å². The summed E-state index contributed by atoms with van der Waals surface area (Å²) in [7, 11) is 0. The number of aromatic nitrogens is 2. The van der Waals surface area contributed by atoms with E-state index >= 15 is 0 Å². The average Bonchev–Trinajstić information content (AvgIpc) is 3.19. The van der Waals surface area contributed by atoms with Gasteiger partial charge < -0.3 is 10.6 Å². The zero-order chi connectivity index (χ0) is 16.2. The monoisotopic (exact) mass is 320 g/mol. The Morgan fingerprint density at radius 2 is 2.26 bits per heavy atom. The summed E-state index contributed by atoms with van der Waals surface area (Å²) >= 11 is 0. The van der Waals surface area contributed by atoms with Gasteiger partial charge in [0.05, 0.1) is 17.6 Å². The predicted octanol–water partition coefficient (Wildman–Crippen LogP) is 2.34. The lowest BCUT2D eigenvalue weighted by Crippen LogP contribution is -2.15. The fourth-order valence-corrected chi connectivity index (χ4v) is 2.81. The van der Waals surface area contributed by atoms with Gasteiger partial charge in [-0.2, -0.15) is 5.10 Å². The lowest BCUT2D eigenvalue weighted by atomic mass is 10.0. The fourth-order valence-electron chi connectivity index (χ4n) is 2.81. The molecule has 3 N–H and O–H groups in total. The molecule has 1 aliphatic heterocycles. The molecule has 2 heterocycles. The highest BCUT2D eigenvalue weighted by molar-refractivity contribution is 5.91. The lowest BCUT2D eigenvalue weighted by molar-refractivity contribution is -0.116. The molecule has 1 saturated heterocycles. The first-order valence-corrected chi connectivity index (χ1v) is 7.62. The van der Waals surface area contributed by atoms with Gasteiger partial charge in [0, 0.05) is 18.9 Å². The van der Waals surface area contributed by atoms with Crippen LogP contribution in [0.4, 0.5) is 14.5 Å². The number of aryl methyl sites for hydroxylation is 1. The third-order valence-electron chi connectivity index (χ3n) is 4.06. The van der Waals surface area contributed by atoms with Crippen molar-refractivity contribution in [2.24, 2.45) is 0 Å². The molecule has 0 bridgehead atoms. The molecular formula is C16H18F2N4O. The van der Waals surface area contributed by atoms with Crippen molar-refractivity contribution < 1.29 is 13.6 Å². The molecule has 1 atom stereocenters.